The second-order valence-electron chi connectivity index (χ2n) is 7.93. The highest BCUT2D eigenvalue weighted by Crippen LogP contribution is 2.32. The van der Waals surface area contributed by atoms with Crippen molar-refractivity contribution in [1.82, 2.24) is 19.6 Å². The number of aromatic nitrogens is 3. The van der Waals surface area contributed by atoms with Crippen LogP contribution in [0, 0.1) is 10.4 Å². The molecule has 0 unspecified atom stereocenters. The minimum Gasteiger partial charge on any atom is -0.633 e. The van der Waals surface area contributed by atoms with E-state index >= 15 is 0 Å². The number of fused-ring (bicyclic) bond motifs is 2. The van der Waals surface area contributed by atoms with E-state index in [1.807, 2.05) is 36.4 Å². The molecule has 0 spiro atoms. The SMILES string of the molecule is C[N+]1([O-])CC[N+]([O-])(c2ccc3[nH]c(-c4c5cccccc-5[nH]c4=O)nc3c2)CC1. The van der Waals surface area contributed by atoms with Crippen LogP contribution in [-0.4, -0.2) is 52.8 Å². The van der Waals surface area contributed by atoms with Crippen molar-refractivity contribution in [3.05, 3.63) is 69.3 Å². The molecule has 8 nitrogen and oxygen atoms in total. The quantitative estimate of drug-likeness (QED) is 0.405. The van der Waals surface area contributed by atoms with E-state index in [4.69, 9.17) is 0 Å². The highest BCUT2D eigenvalue weighted by atomic mass is 16.6. The molecule has 148 valence electrons. The second-order valence-corrected chi connectivity index (χ2v) is 7.93. The Morgan fingerprint density at radius 3 is 2.52 bits per heavy atom. The summed E-state index contributed by atoms with van der Waals surface area (Å²) in [6, 6.07) is 14.7. The number of nitrogens with one attached hydrogen (secondary N) is 2. The third-order valence-corrected chi connectivity index (χ3v) is 5.83. The summed E-state index contributed by atoms with van der Waals surface area (Å²) in [6.07, 6.45) is 0. The molecule has 2 aliphatic heterocycles. The van der Waals surface area contributed by atoms with Gasteiger partial charge in [-0.1, -0.05) is 24.3 Å². The van der Waals surface area contributed by atoms with Crippen molar-refractivity contribution in [2.45, 2.75) is 0 Å². The number of hydrogen-bond donors (Lipinski definition) is 2. The van der Waals surface area contributed by atoms with Gasteiger partial charge in [0.25, 0.3) is 5.56 Å². The Morgan fingerprint density at radius 2 is 1.72 bits per heavy atom. The lowest BCUT2D eigenvalue weighted by molar-refractivity contribution is -0.864. The van der Waals surface area contributed by atoms with E-state index < -0.39 is 4.65 Å². The number of benzene rings is 1. The maximum atomic E-state index is 13.2. The first-order valence-corrected chi connectivity index (χ1v) is 9.60. The van der Waals surface area contributed by atoms with Gasteiger partial charge in [-0.3, -0.25) is 4.79 Å². The van der Waals surface area contributed by atoms with Crippen LogP contribution in [0.2, 0.25) is 0 Å². The Bertz CT molecular complexity index is 1230. The number of rotatable bonds is 2. The van der Waals surface area contributed by atoms with Crippen LogP contribution < -0.4 is 10.2 Å². The molecule has 1 fully saturated rings. The van der Waals surface area contributed by atoms with Crippen LogP contribution >= 0.6 is 0 Å². The standard InChI is InChI=1S/C21H21N5O3/c1-25(28)9-11-26(29,12-10-25)14-7-8-17-18(13-14)23-20(22-17)19-15-5-3-2-4-6-16(15)24-21(19)27/h2-8,13H,9-12H2,1H3,(H,22,23)(H,24,27). The highest BCUT2D eigenvalue weighted by Gasteiger charge is 2.32. The van der Waals surface area contributed by atoms with Gasteiger partial charge in [-0.05, 0) is 12.1 Å². The van der Waals surface area contributed by atoms with Gasteiger partial charge in [0, 0.05) is 23.4 Å². The molecule has 1 saturated heterocycles. The van der Waals surface area contributed by atoms with Gasteiger partial charge in [-0.25, -0.2) is 4.98 Å². The summed E-state index contributed by atoms with van der Waals surface area (Å²) in [5.74, 6) is 0.472. The first kappa shape index (κ1) is 18.0. The van der Waals surface area contributed by atoms with Crippen molar-refractivity contribution in [3.8, 4) is 22.6 Å². The van der Waals surface area contributed by atoms with Gasteiger partial charge in [0.05, 0.1) is 23.6 Å². The molecule has 0 amide bonds. The Labute approximate surface area is 166 Å². The van der Waals surface area contributed by atoms with Crippen LogP contribution in [0.5, 0.6) is 0 Å². The number of piperazine rings is 1. The number of nitrogens with zero attached hydrogens (tertiary/aromatic N) is 3. The molecule has 0 bridgehead atoms. The summed E-state index contributed by atoms with van der Waals surface area (Å²) in [5, 5.41) is 25.3. The van der Waals surface area contributed by atoms with Gasteiger partial charge in [0.2, 0.25) is 0 Å². The van der Waals surface area contributed by atoms with E-state index in [0.29, 0.717) is 35.7 Å². The first-order valence-electron chi connectivity index (χ1n) is 9.60. The molecule has 2 aromatic rings. The van der Waals surface area contributed by atoms with E-state index in [1.54, 1.807) is 19.2 Å². The zero-order chi connectivity index (χ0) is 20.2. The Kier molecular flexibility index (Phi) is 3.87. The van der Waals surface area contributed by atoms with Crippen molar-refractivity contribution < 1.29 is 4.65 Å². The fraction of sp³-hybridized carbons (Fsp3) is 0.238. The summed E-state index contributed by atoms with van der Waals surface area (Å²) in [7, 11) is 1.61. The molecule has 0 radical (unpaired) electrons. The predicted molar refractivity (Wildman–Crippen MR) is 113 cm³/mol. The summed E-state index contributed by atoms with van der Waals surface area (Å²) in [5.41, 5.74) is 3.78. The van der Waals surface area contributed by atoms with Crippen molar-refractivity contribution >= 4 is 16.7 Å². The molecular formula is C21H21N5O3. The van der Waals surface area contributed by atoms with Crippen LogP contribution in [0.15, 0.2) is 53.3 Å². The third kappa shape index (κ3) is 3.02. The Balaban J connectivity index is 1.57. The normalized spacial score (nSPS) is 24.9. The van der Waals surface area contributed by atoms with Crippen molar-refractivity contribution in [2.24, 2.45) is 0 Å². The molecule has 3 aliphatic rings. The Hall–Kier alpha value is -3.04. The molecule has 29 heavy (non-hydrogen) atoms. The molecular weight excluding hydrogens is 370 g/mol. The molecule has 8 heteroatoms. The summed E-state index contributed by atoms with van der Waals surface area (Å²) in [6.45, 7) is 1.07. The molecule has 1 aromatic heterocycles. The second kappa shape index (κ2) is 6.23. The minimum absolute atomic E-state index is 0.207. The predicted octanol–water partition coefficient (Wildman–Crippen LogP) is 2.79. The number of hydroxylamine groups is 5. The molecule has 3 heterocycles. The maximum Gasteiger partial charge on any atom is 0.260 e. The molecule has 1 aliphatic carbocycles. The fourth-order valence-corrected chi connectivity index (χ4v) is 4.01. The lowest BCUT2D eigenvalue weighted by atomic mass is 10.1. The van der Waals surface area contributed by atoms with Gasteiger partial charge in [-0.2, -0.15) is 0 Å². The summed E-state index contributed by atoms with van der Waals surface area (Å²) < 4.78 is -0.898. The maximum absolute atomic E-state index is 13.2. The van der Waals surface area contributed by atoms with Gasteiger partial charge in [0.15, 0.2) is 0 Å². The van der Waals surface area contributed by atoms with Crippen molar-refractivity contribution in [1.29, 1.82) is 0 Å². The molecule has 0 atom stereocenters. The van der Waals surface area contributed by atoms with Crippen LogP contribution in [-0.2, 0) is 0 Å². The molecule has 1 aromatic carbocycles. The Morgan fingerprint density at radius 1 is 0.966 bits per heavy atom. The van der Waals surface area contributed by atoms with E-state index in [0.717, 1.165) is 16.8 Å². The molecule has 2 N–H and O–H groups in total. The summed E-state index contributed by atoms with van der Waals surface area (Å²) in [4.78, 5) is 23.2. The average molecular weight is 391 g/mol. The van der Waals surface area contributed by atoms with E-state index in [1.165, 1.54) is 0 Å². The van der Waals surface area contributed by atoms with Gasteiger partial charge in [0.1, 0.15) is 37.7 Å². The number of H-pyrrole nitrogens is 2. The van der Waals surface area contributed by atoms with E-state index in [2.05, 4.69) is 15.0 Å². The number of hydrogen-bond acceptors (Lipinski definition) is 4. The number of quaternary nitrogens is 2. The molecule has 0 saturated carbocycles. The molecule has 5 rings (SSSR count). The van der Waals surface area contributed by atoms with Gasteiger partial charge >= 0.3 is 0 Å². The first-order chi connectivity index (χ1) is 13.8. The zero-order valence-corrected chi connectivity index (χ0v) is 16.0. The van der Waals surface area contributed by atoms with Crippen LogP contribution in [0.3, 0.4) is 0 Å². The van der Waals surface area contributed by atoms with Crippen molar-refractivity contribution in [2.75, 3.05) is 33.2 Å². The van der Waals surface area contributed by atoms with E-state index in [-0.39, 0.29) is 23.3 Å². The van der Waals surface area contributed by atoms with Gasteiger partial charge in [-0.15, -0.1) is 0 Å². The lowest BCUT2D eigenvalue weighted by Crippen LogP contribution is -2.61. The van der Waals surface area contributed by atoms with Gasteiger partial charge < -0.3 is 29.7 Å². The van der Waals surface area contributed by atoms with Crippen LogP contribution in [0.1, 0.15) is 0 Å². The minimum atomic E-state index is -0.524. The van der Waals surface area contributed by atoms with E-state index in [9.17, 15) is 15.2 Å². The monoisotopic (exact) mass is 391 g/mol. The summed E-state index contributed by atoms with van der Waals surface area (Å²) >= 11 is 0. The number of aromatic amines is 2. The van der Waals surface area contributed by atoms with Crippen LogP contribution in [0.4, 0.5) is 5.69 Å². The van der Waals surface area contributed by atoms with Crippen LogP contribution in [0.25, 0.3) is 33.7 Å². The fourth-order valence-electron chi connectivity index (χ4n) is 4.01. The average Bonchev–Trinajstić information content (AvgIpc) is 3.15. The lowest BCUT2D eigenvalue weighted by Gasteiger charge is -2.52. The smallest absolute Gasteiger partial charge is 0.260 e. The highest BCUT2D eigenvalue weighted by molar-refractivity contribution is 5.87. The topological polar surface area (TPSA) is 108 Å². The zero-order valence-electron chi connectivity index (χ0n) is 16.0. The largest absolute Gasteiger partial charge is 0.633 e. The number of imidazole rings is 1. The number of likely N-dealkylation sites (N-methyl/N-ethyl adjacent to an activating group) is 1. The third-order valence-electron chi connectivity index (χ3n) is 5.83. The van der Waals surface area contributed by atoms with Crippen molar-refractivity contribution in [3.63, 3.8) is 0 Å².